The molecular weight excluding hydrogens is 243 g/mol. The van der Waals surface area contributed by atoms with Crippen LogP contribution in [0, 0.1) is 11.3 Å². The van der Waals surface area contributed by atoms with Crippen LogP contribution in [0.25, 0.3) is 0 Å². The van der Waals surface area contributed by atoms with E-state index < -0.39 is 11.7 Å². The summed E-state index contributed by atoms with van der Waals surface area (Å²) in [5.74, 6) is 0. The topological polar surface area (TPSA) is 41.6 Å². The fourth-order valence-corrected chi connectivity index (χ4v) is 1.52. The molecule has 0 aliphatic heterocycles. The normalized spacial score (nSPS) is 11.2. The van der Waals surface area contributed by atoms with Crippen LogP contribution in [0.3, 0.4) is 0 Å². The number of nitriles is 1. The Kier molecular flexibility index (Phi) is 3.06. The minimum Gasteiger partial charge on any atom is -0.268 e. The highest BCUT2D eigenvalue weighted by Gasteiger charge is 2.32. The summed E-state index contributed by atoms with van der Waals surface area (Å²) in [6, 6.07) is 8.64. The number of halogens is 3. The second kappa shape index (κ2) is 4.53. The third-order valence-electron chi connectivity index (χ3n) is 2.36. The predicted octanol–water partition coefficient (Wildman–Crippen LogP) is 2.82. The van der Waals surface area contributed by atoms with E-state index in [1.54, 1.807) is 24.3 Å². The van der Waals surface area contributed by atoms with Gasteiger partial charge in [0.2, 0.25) is 0 Å². The van der Waals surface area contributed by atoms with Crippen molar-refractivity contribution in [3.63, 3.8) is 0 Å². The van der Waals surface area contributed by atoms with Crippen LogP contribution in [0.1, 0.15) is 16.7 Å². The Balaban J connectivity index is 2.19. The molecule has 2 rings (SSSR count). The molecule has 0 atom stereocenters. The maximum absolute atomic E-state index is 12.4. The first kappa shape index (κ1) is 12.2. The van der Waals surface area contributed by atoms with Gasteiger partial charge in [0.1, 0.15) is 0 Å². The van der Waals surface area contributed by atoms with Crippen molar-refractivity contribution in [1.82, 2.24) is 9.78 Å². The lowest BCUT2D eigenvalue weighted by Gasteiger charge is -2.03. The van der Waals surface area contributed by atoms with Crippen LogP contribution in [0.15, 0.2) is 36.7 Å². The summed E-state index contributed by atoms with van der Waals surface area (Å²) in [6.45, 7) is 0.200. The maximum Gasteiger partial charge on any atom is 0.419 e. The first-order valence-corrected chi connectivity index (χ1v) is 5.08. The summed E-state index contributed by atoms with van der Waals surface area (Å²) in [7, 11) is 0. The van der Waals surface area contributed by atoms with Crippen LogP contribution < -0.4 is 0 Å². The Labute approximate surface area is 101 Å². The first-order chi connectivity index (χ1) is 8.49. The van der Waals surface area contributed by atoms with Gasteiger partial charge >= 0.3 is 6.18 Å². The Morgan fingerprint density at radius 2 is 2.11 bits per heavy atom. The van der Waals surface area contributed by atoms with E-state index in [9.17, 15) is 13.2 Å². The van der Waals surface area contributed by atoms with Gasteiger partial charge in [-0.1, -0.05) is 12.1 Å². The van der Waals surface area contributed by atoms with Gasteiger partial charge in [0, 0.05) is 6.20 Å². The van der Waals surface area contributed by atoms with Crippen LogP contribution in [-0.2, 0) is 12.7 Å². The molecule has 0 saturated carbocycles. The van der Waals surface area contributed by atoms with Gasteiger partial charge in [-0.2, -0.15) is 23.5 Å². The average Bonchev–Trinajstić information content (AvgIpc) is 2.77. The van der Waals surface area contributed by atoms with Gasteiger partial charge in [-0.05, 0) is 17.7 Å². The fraction of sp³-hybridized carbons (Fsp3) is 0.167. The van der Waals surface area contributed by atoms with E-state index in [1.807, 2.05) is 6.07 Å². The fourth-order valence-electron chi connectivity index (χ4n) is 1.52. The molecule has 0 fully saturated rings. The zero-order chi connectivity index (χ0) is 13.2. The van der Waals surface area contributed by atoms with Crippen LogP contribution in [0.2, 0.25) is 0 Å². The lowest BCUT2D eigenvalue weighted by Crippen LogP contribution is -2.04. The molecule has 6 heteroatoms. The Morgan fingerprint density at radius 3 is 2.72 bits per heavy atom. The van der Waals surface area contributed by atoms with Crippen molar-refractivity contribution < 1.29 is 13.2 Å². The van der Waals surface area contributed by atoms with Crippen LogP contribution in [-0.4, -0.2) is 9.78 Å². The number of alkyl halides is 3. The molecule has 0 unspecified atom stereocenters. The third kappa shape index (κ3) is 2.69. The molecule has 0 amide bonds. The molecule has 92 valence electrons. The average molecular weight is 251 g/mol. The molecule has 2 aromatic rings. The molecule has 0 N–H and O–H groups in total. The van der Waals surface area contributed by atoms with Crippen LogP contribution >= 0.6 is 0 Å². The molecule has 0 aliphatic carbocycles. The van der Waals surface area contributed by atoms with Crippen molar-refractivity contribution in [2.75, 3.05) is 0 Å². The van der Waals surface area contributed by atoms with Gasteiger partial charge in [0.05, 0.1) is 29.9 Å². The smallest absolute Gasteiger partial charge is 0.268 e. The van der Waals surface area contributed by atoms with Crippen molar-refractivity contribution in [1.29, 1.82) is 5.26 Å². The molecule has 3 nitrogen and oxygen atoms in total. The van der Waals surface area contributed by atoms with E-state index >= 15 is 0 Å². The molecule has 0 radical (unpaired) electrons. The van der Waals surface area contributed by atoms with Crippen molar-refractivity contribution in [3.05, 3.63) is 53.3 Å². The van der Waals surface area contributed by atoms with Crippen molar-refractivity contribution in [2.45, 2.75) is 12.7 Å². The monoisotopic (exact) mass is 251 g/mol. The molecule has 1 heterocycles. The van der Waals surface area contributed by atoms with Gasteiger partial charge < -0.3 is 0 Å². The number of nitrogens with zero attached hydrogens (tertiary/aromatic N) is 3. The highest BCUT2D eigenvalue weighted by Crippen LogP contribution is 2.28. The van der Waals surface area contributed by atoms with E-state index in [4.69, 9.17) is 5.26 Å². The maximum atomic E-state index is 12.4. The number of aromatic nitrogens is 2. The minimum atomic E-state index is -4.38. The lowest BCUT2D eigenvalue weighted by molar-refractivity contribution is -0.137. The quantitative estimate of drug-likeness (QED) is 0.823. The second-order valence-electron chi connectivity index (χ2n) is 3.74. The Hall–Kier alpha value is -2.29. The molecular formula is C12H8F3N3. The highest BCUT2D eigenvalue weighted by molar-refractivity contribution is 5.32. The second-order valence-corrected chi connectivity index (χ2v) is 3.74. The first-order valence-electron chi connectivity index (χ1n) is 5.08. The van der Waals surface area contributed by atoms with E-state index in [2.05, 4.69) is 5.10 Å². The van der Waals surface area contributed by atoms with Crippen LogP contribution in [0.5, 0.6) is 0 Å². The SMILES string of the molecule is N#Cc1cccc(Cn2cc(C(F)(F)F)cn2)c1. The number of hydrogen-bond acceptors (Lipinski definition) is 2. The van der Waals surface area contributed by atoms with E-state index in [1.165, 1.54) is 4.68 Å². The summed E-state index contributed by atoms with van der Waals surface area (Å²) in [5.41, 5.74) is 0.417. The molecule has 0 bridgehead atoms. The molecule has 1 aromatic heterocycles. The van der Waals surface area contributed by atoms with Gasteiger partial charge in [0.15, 0.2) is 0 Å². The van der Waals surface area contributed by atoms with Gasteiger partial charge in [-0.25, -0.2) is 0 Å². The summed E-state index contributed by atoms with van der Waals surface area (Å²) < 4.78 is 38.3. The Bertz CT molecular complexity index is 593. The zero-order valence-electron chi connectivity index (χ0n) is 9.15. The standard InChI is InChI=1S/C12H8F3N3/c13-12(14,15)11-6-17-18(8-11)7-10-3-1-2-9(4-10)5-16/h1-4,6,8H,7H2. The van der Waals surface area contributed by atoms with Crippen LogP contribution in [0.4, 0.5) is 13.2 Å². The van der Waals surface area contributed by atoms with E-state index in [0.29, 0.717) is 5.56 Å². The van der Waals surface area contributed by atoms with Gasteiger partial charge in [0.25, 0.3) is 0 Å². The van der Waals surface area contributed by atoms with Gasteiger partial charge in [-0.15, -0.1) is 0 Å². The largest absolute Gasteiger partial charge is 0.419 e. The van der Waals surface area contributed by atoms with Crippen molar-refractivity contribution >= 4 is 0 Å². The molecule has 0 spiro atoms. The molecule has 0 aliphatic rings. The molecule has 18 heavy (non-hydrogen) atoms. The zero-order valence-corrected chi connectivity index (χ0v) is 9.15. The lowest BCUT2D eigenvalue weighted by atomic mass is 10.1. The van der Waals surface area contributed by atoms with Crippen molar-refractivity contribution in [3.8, 4) is 6.07 Å². The van der Waals surface area contributed by atoms with Crippen molar-refractivity contribution in [2.24, 2.45) is 0 Å². The van der Waals surface area contributed by atoms with E-state index in [0.717, 1.165) is 18.0 Å². The summed E-state index contributed by atoms with van der Waals surface area (Å²) >= 11 is 0. The van der Waals surface area contributed by atoms with E-state index in [-0.39, 0.29) is 6.54 Å². The van der Waals surface area contributed by atoms with Gasteiger partial charge in [-0.3, -0.25) is 4.68 Å². The number of hydrogen-bond donors (Lipinski definition) is 0. The number of rotatable bonds is 2. The predicted molar refractivity (Wildman–Crippen MR) is 57.5 cm³/mol. The summed E-state index contributed by atoms with van der Waals surface area (Å²) in [6.07, 6.45) is -2.65. The summed E-state index contributed by atoms with van der Waals surface area (Å²) in [5, 5.41) is 12.4. The minimum absolute atomic E-state index is 0.200. The third-order valence-corrected chi connectivity index (χ3v) is 2.36. The molecule has 0 saturated heterocycles. The molecule has 1 aromatic carbocycles. The summed E-state index contributed by atoms with van der Waals surface area (Å²) in [4.78, 5) is 0. The Morgan fingerprint density at radius 1 is 1.33 bits per heavy atom. The number of benzene rings is 1. The highest BCUT2D eigenvalue weighted by atomic mass is 19.4.